The number of aliphatic hydroxyl groups is 7. The highest BCUT2D eigenvalue weighted by Crippen LogP contribution is 2.26. The predicted octanol–water partition coefficient (Wildman–Crippen LogP) is 10.3. The molecule has 2 aliphatic heterocycles. The van der Waals surface area contributed by atoms with Crippen LogP contribution in [0.25, 0.3) is 0 Å². The molecule has 14 nitrogen and oxygen atoms in total. The molecule has 2 saturated heterocycles. The molecule has 2 fully saturated rings. The van der Waals surface area contributed by atoms with Crippen molar-refractivity contribution in [3.8, 4) is 0 Å². The van der Waals surface area contributed by atoms with Crippen LogP contribution in [0.1, 0.15) is 155 Å². The van der Waals surface area contributed by atoms with Crippen molar-refractivity contribution in [1.29, 1.82) is 0 Å². The lowest BCUT2D eigenvalue weighted by Gasteiger charge is -2.42. The standard InChI is InChI=1S/C63H100O14/c1-3-5-7-9-11-13-15-17-19-21-23-24-25-26-27-28-29-30-32-34-36-38-40-42-44-46-55(65)75-52(49-72-47-45-43-41-39-37-35-33-31-22-20-18-16-14-12-10-8-6-4-2)50-73-62-61(71)59(69)57(67)54(77-62)51-74-63-60(70)58(68)56(66)53(48-64)76-63/h5-8,11-14,17-20,23-24,26-27,29-31,33-34,36,52-54,56-64,66-71H,3-4,9-10,15-16,21-22,25,28,32,35,37-51H2,1-2H3/b7-5-,8-6-,13-11-,14-12-,19-17-,20-18-,24-23-,27-26-,30-29-,33-31-,36-34-. The van der Waals surface area contributed by atoms with E-state index in [-0.39, 0.29) is 19.6 Å². The highest BCUT2D eigenvalue weighted by atomic mass is 16.7. The van der Waals surface area contributed by atoms with E-state index in [2.05, 4.69) is 148 Å². The molecule has 0 aromatic rings. The van der Waals surface area contributed by atoms with Gasteiger partial charge in [0.25, 0.3) is 0 Å². The molecule has 0 aromatic heterocycles. The Kier molecular flexibility index (Phi) is 43.2. The summed E-state index contributed by atoms with van der Waals surface area (Å²) >= 11 is 0. The van der Waals surface area contributed by atoms with Crippen molar-refractivity contribution in [2.24, 2.45) is 0 Å². The van der Waals surface area contributed by atoms with Gasteiger partial charge in [0.15, 0.2) is 12.6 Å². The number of ether oxygens (including phenoxy) is 6. The molecule has 0 bridgehead atoms. The molecule has 11 unspecified atom stereocenters. The van der Waals surface area contributed by atoms with Gasteiger partial charge in [0, 0.05) is 13.0 Å². The third kappa shape index (κ3) is 34.7. The number of carbonyl (C=O) groups excluding carboxylic acids is 1. The Balaban J connectivity index is 1.76. The van der Waals surface area contributed by atoms with Gasteiger partial charge in [-0.25, -0.2) is 0 Å². The van der Waals surface area contributed by atoms with Gasteiger partial charge in [-0.1, -0.05) is 173 Å². The summed E-state index contributed by atoms with van der Waals surface area (Å²) in [6, 6.07) is 0. The third-order valence-electron chi connectivity index (χ3n) is 12.7. The van der Waals surface area contributed by atoms with E-state index in [1.54, 1.807) is 0 Å². The van der Waals surface area contributed by atoms with E-state index < -0.39 is 86.7 Å². The van der Waals surface area contributed by atoms with Gasteiger partial charge in [0.05, 0.1) is 26.4 Å². The number of aliphatic hydroxyl groups excluding tert-OH is 7. The van der Waals surface area contributed by atoms with Gasteiger partial charge in [0.2, 0.25) is 0 Å². The maximum atomic E-state index is 13.1. The molecular weight excluding hydrogens is 981 g/mol. The molecule has 0 aromatic carbocycles. The van der Waals surface area contributed by atoms with Gasteiger partial charge in [0.1, 0.15) is 54.9 Å². The molecule has 0 aliphatic carbocycles. The van der Waals surface area contributed by atoms with Crippen LogP contribution in [-0.2, 0) is 33.2 Å². The largest absolute Gasteiger partial charge is 0.457 e. The first kappa shape index (κ1) is 69.2. The van der Waals surface area contributed by atoms with Crippen LogP contribution in [-0.4, -0.2) is 142 Å². The summed E-state index contributed by atoms with van der Waals surface area (Å²) in [6.07, 6.45) is 52.2. The SMILES string of the molecule is CC/C=C\C/C=C\C/C=C\C/C=C\C/C=C\C/C=C\C/C=C\CCCCCC(=O)OC(COCCCCCCC/C=C\C/C=C\C/C=C\C/C=C\CC)COC1OC(COC2OC(CO)C(O)C(O)C2O)C(O)C(O)C1O. The van der Waals surface area contributed by atoms with Crippen LogP contribution in [0.2, 0.25) is 0 Å². The van der Waals surface area contributed by atoms with E-state index in [1.165, 1.54) is 0 Å². The molecule has 0 spiro atoms. The van der Waals surface area contributed by atoms with Gasteiger partial charge in [-0.15, -0.1) is 0 Å². The highest BCUT2D eigenvalue weighted by Gasteiger charge is 2.47. The topological polar surface area (TPSA) is 214 Å². The summed E-state index contributed by atoms with van der Waals surface area (Å²) in [7, 11) is 0. The first-order valence-electron chi connectivity index (χ1n) is 28.8. The Morgan fingerprint density at radius 3 is 1.26 bits per heavy atom. The lowest BCUT2D eigenvalue weighted by molar-refractivity contribution is -0.332. The minimum Gasteiger partial charge on any atom is -0.457 e. The van der Waals surface area contributed by atoms with Crippen molar-refractivity contribution in [2.45, 2.75) is 223 Å². The van der Waals surface area contributed by atoms with Gasteiger partial charge in [-0.2, -0.15) is 0 Å². The Morgan fingerprint density at radius 2 is 0.805 bits per heavy atom. The van der Waals surface area contributed by atoms with E-state index >= 15 is 0 Å². The molecule has 0 amide bonds. The average molecular weight is 1080 g/mol. The summed E-state index contributed by atoms with van der Waals surface area (Å²) in [4.78, 5) is 13.1. The molecule has 2 heterocycles. The first-order valence-corrected chi connectivity index (χ1v) is 28.8. The molecule has 2 aliphatic rings. The molecule has 11 atom stereocenters. The van der Waals surface area contributed by atoms with Crippen LogP contribution in [0.5, 0.6) is 0 Å². The highest BCUT2D eigenvalue weighted by molar-refractivity contribution is 5.69. The third-order valence-corrected chi connectivity index (χ3v) is 12.7. The zero-order chi connectivity index (χ0) is 55.8. The minimum atomic E-state index is -1.73. The maximum absolute atomic E-state index is 13.1. The summed E-state index contributed by atoms with van der Waals surface area (Å²) in [5.41, 5.74) is 0. The molecule has 7 N–H and O–H groups in total. The van der Waals surface area contributed by atoms with Gasteiger partial charge in [-0.3, -0.25) is 4.79 Å². The number of hydrogen-bond donors (Lipinski definition) is 7. The Morgan fingerprint density at radius 1 is 0.429 bits per heavy atom. The number of allylic oxidation sites excluding steroid dienone is 22. The number of carbonyl (C=O) groups is 1. The monoisotopic (exact) mass is 1080 g/mol. The van der Waals surface area contributed by atoms with Crippen LogP contribution in [0.15, 0.2) is 134 Å². The van der Waals surface area contributed by atoms with E-state index in [4.69, 9.17) is 28.4 Å². The van der Waals surface area contributed by atoms with Crippen molar-refractivity contribution in [3.63, 3.8) is 0 Å². The fourth-order valence-corrected chi connectivity index (χ4v) is 8.08. The van der Waals surface area contributed by atoms with Crippen LogP contribution < -0.4 is 0 Å². The minimum absolute atomic E-state index is 0.0246. The van der Waals surface area contributed by atoms with Crippen molar-refractivity contribution in [3.05, 3.63) is 134 Å². The van der Waals surface area contributed by atoms with Crippen molar-refractivity contribution >= 4 is 5.97 Å². The molecule has 2 rings (SSSR count). The Hall–Kier alpha value is -3.87. The second kappa shape index (κ2) is 48.1. The quantitative estimate of drug-likeness (QED) is 0.0172. The van der Waals surface area contributed by atoms with Gasteiger partial charge in [-0.05, 0) is 109 Å². The van der Waals surface area contributed by atoms with Crippen molar-refractivity contribution in [1.82, 2.24) is 0 Å². The van der Waals surface area contributed by atoms with Gasteiger partial charge < -0.3 is 64.2 Å². The maximum Gasteiger partial charge on any atom is 0.306 e. The van der Waals surface area contributed by atoms with Crippen molar-refractivity contribution < 1.29 is 69.0 Å². The normalized spacial score (nSPS) is 25.3. The molecule has 0 saturated carbocycles. The smallest absolute Gasteiger partial charge is 0.306 e. The lowest BCUT2D eigenvalue weighted by atomic mass is 9.98. The van der Waals surface area contributed by atoms with E-state index in [9.17, 15) is 40.5 Å². The molecule has 14 heteroatoms. The molecule has 436 valence electrons. The van der Waals surface area contributed by atoms with Crippen LogP contribution in [0, 0.1) is 0 Å². The number of esters is 1. The molecular formula is C63H100O14. The zero-order valence-corrected chi connectivity index (χ0v) is 46.6. The second-order valence-corrected chi connectivity index (χ2v) is 19.3. The van der Waals surface area contributed by atoms with E-state index in [0.717, 1.165) is 128 Å². The molecule has 77 heavy (non-hydrogen) atoms. The summed E-state index contributed by atoms with van der Waals surface area (Å²) in [5, 5.41) is 72.3. The summed E-state index contributed by atoms with van der Waals surface area (Å²) in [5.74, 6) is -0.421. The predicted molar refractivity (Wildman–Crippen MR) is 307 cm³/mol. The van der Waals surface area contributed by atoms with Crippen molar-refractivity contribution in [2.75, 3.05) is 33.0 Å². The summed E-state index contributed by atoms with van der Waals surface area (Å²) < 4.78 is 34.3. The fraction of sp³-hybridized carbons (Fsp3) is 0.635. The van der Waals surface area contributed by atoms with Crippen LogP contribution in [0.3, 0.4) is 0 Å². The lowest BCUT2D eigenvalue weighted by Crippen LogP contribution is -2.61. The zero-order valence-electron chi connectivity index (χ0n) is 46.6. The Labute approximate surface area is 462 Å². The van der Waals surface area contributed by atoms with E-state index in [1.807, 2.05) is 0 Å². The van der Waals surface area contributed by atoms with E-state index in [0.29, 0.717) is 13.0 Å². The molecule has 0 radical (unpaired) electrons. The van der Waals surface area contributed by atoms with Crippen LogP contribution in [0.4, 0.5) is 0 Å². The first-order chi connectivity index (χ1) is 37.6. The van der Waals surface area contributed by atoms with Crippen LogP contribution >= 0.6 is 0 Å². The number of rotatable bonds is 44. The number of hydrogen-bond acceptors (Lipinski definition) is 14. The Bertz CT molecular complexity index is 1780. The second-order valence-electron chi connectivity index (χ2n) is 19.3. The average Bonchev–Trinajstić information content (AvgIpc) is 3.43. The number of unbranched alkanes of at least 4 members (excludes halogenated alkanes) is 8. The summed E-state index contributed by atoms with van der Waals surface area (Å²) in [6.45, 7) is 3.34. The van der Waals surface area contributed by atoms with Gasteiger partial charge >= 0.3 is 5.97 Å². The fourth-order valence-electron chi connectivity index (χ4n) is 8.08.